The molecular weight excluding hydrogens is 204 g/mol. The molecule has 0 saturated carbocycles. The Bertz CT molecular complexity index is 279. The molecule has 0 aliphatic carbocycles. The highest BCUT2D eigenvalue weighted by atomic mass is 35.5. The molecular formula is C9H13ClN2O2. The number of ether oxygens (including phenoxy) is 2. The van der Waals surface area contributed by atoms with Gasteiger partial charge in [-0.15, -0.1) is 0 Å². The predicted octanol–water partition coefficient (Wildman–Crippen LogP) is -3.42. The van der Waals surface area contributed by atoms with Gasteiger partial charge in [0, 0.05) is 0 Å². The van der Waals surface area contributed by atoms with Gasteiger partial charge in [-0.25, -0.2) is 9.13 Å². The molecule has 2 aliphatic rings. The number of hydrogen-bond donors (Lipinski definition) is 0. The van der Waals surface area contributed by atoms with Crippen LogP contribution in [0.4, 0.5) is 0 Å². The lowest BCUT2D eigenvalue weighted by Crippen LogP contribution is -3.00. The average molecular weight is 217 g/mol. The molecule has 5 heteroatoms. The van der Waals surface area contributed by atoms with Crippen LogP contribution >= 0.6 is 0 Å². The van der Waals surface area contributed by atoms with Crippen LogP contribution in [0.5, 0.6) is 0 Å². The van der Waals surface area contributed by atoms with Crippen molar-refractivity contribution in [1.29, 1.82) is 0 Å². The van der Waals surface area contributed by atoms with Crippen molar-refractivity contribution in [2.45, 2.75) is 25.3 Å². The molecule has 0 amide bonds. The minimum Gasteiger partial charge on any atom is -1.00 e. The van der Waals surface area contributed by atoms with Crippen LogP contribution in [0, 0.1) is 0 Å². The number of epoxide rings is 2. The minimum atomic E-state index is 0. The summed E-state index contributed by atoms with van der Waals surface area (Å²) in [7, 11) is 0. The fourth-order valence-corrected chi connectivity index (χ4v) is 1.47. The van der Waals surface area contributed by atoms with Crippen molar-refractivity contribution in [3.8, 4) is 0 Å². The van der Waals surface area contributed by atoms with E-state index in [9.17, 15) is 0 Å². The molecule has 1 aromatic rings. The van der Waals surface area contributed by atoms with Crippen LogP contribution < -0.4 is 17.0 Å². The second kappa shape index (κ2) is 3.88. The summed E-state index contributed by atoms with van der Waals surface area (Å²) >= 11 is 0. The first-order valence-corrected chi connectivity index (χ1v) is 4.68. The van der Waals surface area contributed by atoms with Gasteiger partial charge < -0.3 is 21.9 Å². The molecule has 2 saturated heterocycles. The number of hydrogen-bond acceptors (Lipinski definition) is 2. The monoisotopic (exact) mass is 216 g/mol. The maximum Gasteiger partial charge on any atom is 0.243 e. The summed E-state index contributed by atoms with van der Waals surface area (Å²) in [6, 6.07) is 0. The van der Waals surface area contributed by atoms with Gasteiger partial charge in [0.1, 0.15) is 37.7 Å². The molecule has 2 fully saturated rings. The van der Waals surface area contributed by atoms with Crippen LogP contribution in [0.1, 0.15) is 0 Å². The Morgan fingerprint density at radius 3 is 2.64 bits per heavy atom. The smallest absolute Gasteiger partial charge is 0.243 e. The van der Waals surface area contributed by atoms with E-state index in [0.717, 1.165) is 26.3 Å². The molecule has 3 rings (SSSR count). The highest BCUT2D eigenvalue weighted by Gasteiger charge is 2.27. The van der Waals surface area contributed by atoms with Gasteiger partial charge in [-0.2, -0.15) is 0 Å². The zero-order valence-electron chi connectivity index (χ0n) is 7.80. The fourth-order valence-electron chi connectivity index (χ4n) is 1.47. The zero-order chi connectivity index (χ0) is 8.67. The highest BCUT2D eigenvalue weighted by molar-refractivity contribution is 4.75. The Balaban J connectivity index is 0.000000750. The predicted molar refractivity (Wildman–Crippen MR) is 44.1 cm³/mol. The molecule has 78 valence electrons. The number of imidazole rings is 1. The van der Waals surface area contributed by atoms with Crippen molar-refractivity contribution >= 4 is 0 Å². The lowest BCUT2D eigenvalue weighted by molar-refractivity contribution is -0.697. The topological polar surface area (TPSA) is 33.9 Å². The number of halogens is 1. The molecule has 0 N–H and O–H groups in total. The summed E-state index contributed by atoms with van der Waals surface area (Å²) in [6.45, 7) is 3.81. The van der Waals surface area contributed by atoms with Crippen LogP contribution in [0.3, 0.4) is 0 Å². The summed E-state index contributed by atoms with van der Waals surface area (Å²) < 4.78 is 14.7. The third kappa shape index (κ3) is 2.47. The maximum atomic E-state index is 5.16. The first-order valence-electron chi connectivity index (χ1n) is 4.68. The van der Waals surface area contributed by atoms with E-state index >= 15 is 0 Å². The zero-order valence-corrected chi connectivity index (χ0v) is 8.56. The van der Waals surface area contributed by atoms with Crippen molar-refractivity contribution in [1.82, 2.24) is 4.57 Å². The second-order valence-corrected chi connectivity index (χ2v) is 3.72. The van der Waals surface area contributed by atoms with E-state index in [2.05, 4.69) is 27.9 Å². The van der Waals surface area contributed by atoms with Gasteiger partial charge in [0.05, 0.1) is 13.2 Å². The minimum absolute atomic E-state index is 0. The van der Waals surface area contributed by atoms with Crippen molar-refractivity contribution in [2.24, 2.45) is 0 Å². The van der Waals surface area contributed by atoms with Gasteiger partial charge in [0.25, 0.3) is 0 Å². The Kier molecular flexibility index (Phi) is 2.76. The number of aromatic nitrogens is 2. The third-order valence-corrected chi connectivity index (χ3v) is 2.38. The van der Waals surface area contributed by atoms with Crippen LogP contribution in [0.2, 0.25) is 0 Å². The van der Waals surface area contributed by atoms with Crippen molar-refractivity contribution in [2.75, 3.05) is 13.2 Å². The first kappa shape index (κ1) is 9.96. The Morgan fingerprint density at radius 1 is 1.29 bits per heavy atom. The fraction of sp³-hybridized carbons (Fsp3) is 0.667. The van der Waals surface area contributed by atoms with Gasteiger partial charge in [-0.05, 0) is 0 Å². The molecule has 2 atom stereocenters. The quantitative estimate of drug-likeness (QED) is 0.388. The van der Waals surface area contributed by atoms with Crippen molar-refractivity contribution < 1.29 is 26.4 Å². The molecule has 0 aromatic carbocycles. The van der Waals surface area contributed by atoms with Crippen LogP contribution in [-0.4, -0.2) is 30.0 Å². The number of nitrogens with zero attached hydrogens (tertiary/aromatic N) is 2. The van der Waals surface area contributed by atoms with E-state index < -0.39 is 0 Å². The van der Waals surface area contributed by atoms with E-state index in [0.29, 0.717) is 12.2 Å². The maximum absolute atomic E-state index is 5.16. The molecule has 2 aliphatic heterocycles. The Labute approximate surface area is 88.8 Å². The van der Waals surface area contributed by atoms with Crippen LogP contribution in [0.15, 0.2) is 18.7 Å². The largest absolute Gasteiger partial charge is 1.00 e. The Morgan fingerprint density at radius 2 is 2.00 bits per heavy atom. The molecule has 3 heterocycles. The normalized spacial score (nSPS) is 28.3. The van der Waals surface area contributed by atoms with Gasteiger partial charge in [0.2, 0.25) is 6.33 Å². The van der Waals surface area contributed by atoms with E-state index in [1.165, 1.54) is 0 Å². The molecule has 4 nitrogen and oxygen atoms in total. The van der Waals surface area contributed by atoms with E-state index in [1.54, 1.807) is 0 Å². The summed E-state index contributed by atoms with van der Waals surface area (Å²) in [6.07, 6.45) is 7.20. The van der Waals surface area contributed by atoms with Gasteiger partial charge in [0.15, 0.2) is 0 Å². The van der Waals surface area contributed by atoms with Gasteiger partial charge in [-0.1, -0.05) is 0 Å². The van der Waals surface area contributed by atoms with Crippen LogP contribution in [0.25, 0.3) is 0 Å². The van der Waals surface area contributed by atoms with Gasteiger partial charge in [-0.3, -0.25) is 0 Å². The molecule has 2 unspecified atom stereocenters. The van der Waals surface area contributed by atoms with Crippen molar-refractivity contribution in [3.63, 3.8) is 0 Å². The molecule has 0 radical (unpaired) electrons. The molecule has 0 bridgehead atoms. The SMILES string of the molecule is [Cl-].c1c[n+](CC2CO2)cn1CC1CO1. The summed E-state index contributed by atoms with van der Waals surface area (Å²) in [5.74, 6) is 0. The highest BCUT2D eigenvalue weighted by Crippen LogP contribution is 2.11. The summed E-state index contributed by atoms with van der Waals surface area (Å²) in [4.78, 5) is 0. The first-order chi connectivity index (χ1) is 6.40. The van der Waals surface area contributed by atoms with Crippen molar-refractivity contribution in [3.05, 3.63) is 18.7 Å². The molecule has 1 aromatic heterocycles. The average Bonchev–Trinajstić information content (AvgIpc) is 2.96. The Hall–Kier alpha value is -0.580. The number of rotatable bonds is 4. The summed E-state index contributed by atoms with van der Waals surface area (Å²) in [5, 5.41) is 0. The molecule has 0 spiro atoms. The van der Waals surface area contributed by atoms with Gasteiger partial charge >= 0.3 is 0 Å². The molecule has 14 heavy (non-hydrogen) atoms. The standard InChI is InChI=1S/C9H13N2O2.ClH/c1-2-11(4-9-6-13-9)7-10(1)3-8-5-12-8;/h1-2,7-9H,3-6H2;1H/q+1;/p-1. The lowest BCUT2D eigenvalue weighted by atomic mass is 10.5. The van der Waals surface area contributed by atoms with E-state index in [1.807, 2.05) is 0 Å². The van der Waals surface area contributed by atoms with Crippen LogP contribution in [-0.2, 0) is 22.6 Å². The van der Waals surface area contributed by atoms with E-state index in [-0.39, 0.29) is 12.4 Å². The third-order valence-electron chi connectivity index (χ3n) is 2.38. The summed E-state index contributed by atoms with van der Waals surface area (Å²) in [5.41, 5.74) is 0. The van der Waals surface area contributed by atoms with E-state index in [4.69, 9.17) is 9.47 Å². The second-order valence-electron chi connectivity index (χ2n) is 3.72. The lowest BCUT2D eigenvalue weighted by Gasteiger charge is -1.90.